The third-order valence-corrected chi connectivity index (χ3v) is 6.12. The van der Waals surface area contributed by atoms with Gasteiger partial charge in [0.05, 0.1) is 31.9 Å². The van der Waals surface area contributed by atoms with Crippen molar-refractivity contribution in [2.24, 2.45) is 0 Å². The van der Waals surface area contributed by atoms with E-state index < -0.39 is 23.7 Å². The maximum Gasteiger partial charge on any atom is 0.264 e. The number of rotatable bonds is 8. The molecule has 0 radical (unpaired) electrons. The topological polar surface area (TPSA) is 76.1 Å². The van der Waals surface area contributed by atoms with Crippen molar-refractivity contribution in [2.75, 3.05) is 25.7 Å². The lowest BCUT2D eigenvalue weighted by Gasteiger charge is -2.23. The quantitative estimate of drug-likeness (QED) is 0.499. The Morgan fingerprint density at radius 1 is 1.03 bits per heavy atom. The van der Waals surface area contributed by atoms with Gasteiger partial charge in [-0.1, -0.05) is 41.9 Å². The molecule has 1 amide bonds. The van der Waals surface area contributed by atoms with E-state index in [0.29, 0.717) is 40.7 Å². The van der Waals surface area contributed by atoms with Crippen LogP contribution in [0.4, 0.5) is 5.69 Å². The molecule has 7 heteroatoms. The highest BCUT2D eigenvalue weighted by Gasteiger charge is 2.51. The molecule has 1 heterocycles. The zero-order chi connectivity index (χ0) is 23.6. The van der Waals surface area contributed by atoms with Gasteiger partial charge in [0, 0.05) is 23.2 Å². The van der Waals surface area contributed by atoms with E-state index in [-0.39, 0.29) is 5.56 Å². The van der Waals surface area contributed by atoms with Gasteiger partial charge in [0.25, 0.3) is 5.91 Å². The van der Waals surface area contributed by atoms with Crippen molar-refractivity contribution in [3.63, 3.8) is 0 Å². The fourth-order valence-corrected chi connectivity index (χ4v) is 4.33. The number of ketones is 1. The van der Waals surface area contributed by atoms with Gasteiger partial charge in [-0.15, -0.1) is 0 Å². The SMILES string of the molecule is COc1ccc(C(=O)C[C@]2(O)C(=O)N(CCc3ccccc3)c3ccc(Cl)cc32)c(OC)c1. The van der Waals surface area contributed by atoms with Gasteiger partial charge < -0.3 is 19.5 Å². The number of aliphatic hydroxyl groups is 1. The molecule has 3 aromatic rings. The molecule has 0 bridgehead atoms. The van der Waals surface area contributed by atoms with Crippen molar-refractivity contribution >= 4 is 29.0 Å². The van der Waals surface area contributed by atoms with Crippen LogP contribution in [0.15, 0.2) is 66.7 Å². The van der Waals surface area contributed by atoms with E-state index in [0.717, 1.165) is 5.56 Å². The Hall–Kier alpha value is -3.35. The molecule has 0 aliphatic carbocycles. The lowest BCUT2D eigenvalue weighted by Crippen LogP contribution is -2.42. The molecule has 170 valence electrons. The zero-order valence-corrected chi connectivity index (χ0v) is 19.1. The van der Waals surface area contributed by atoms with E-state index in [4.69, 9.17) is 21.1 Å². The average Bonchev–Trinajstić information content (AvgIpc) is 3.03. The van der Waals surface area contributed by atoms with Crippen LogP contribution in [0.3, 0.4) is 0 Å². The van der Waals surface area contributed by atoms with Crippen LogP contribution in [0.2, 0.25) is 5.02 Å². The van der Waals surface area contributed by atoms with Crippen LogP contribution < -0.4 is 14.4 Å². The summed E-state index contributed by atoms with van der Waals surface area (Å²) in [5.74, 6) is -0.137. The lowest BCUT2D eigenvalue weighted by atomic mass is 9.88. The molecular weight excluding hydrogens is 442 g/mol. The van der Waals surface area contributed by atoms with E-state index in [9.17, 15) is 14.7 Å². The highest BCUT2D eigenvalue weighted by atomic mass is 35.5. The summed E-state index contributed by atoms with van der Waals surface area (Å²) >= 11 is 6.19. The van der Waals surface area contributed by atoms with E-state index in [1.165, 1.54) is 19.1 Å². The highest BCUT2D eigenvalue weighted by molar-refractivity contribution is 6.31. The molecule has 0 spiro atoms. The largest absolute Gasteiger partial charge is 0.497 e. The normalized spacial score (nSPS) is 17.1. The number of amides is 1. The second-order valence-electron chi connectivity index (χ2n) is 7.88. The summed E-state index contributed by atoms with van der Waals surface area (Å²) in [4.78, 5) is 28.2. The number of carbonyl (C=O) groups is 2. The van der Waals surface area contributed by atoms with Crippen LogP contribution >= 0.6 is 11.6 Å². The number of hydrogen-bond donors (Lipinski definition) is 1. The van der Waals surface area contributed by atoms with Gasteiger partial charge >= 0.3 is 0 Å². The van der Waals surface area contributed by atoms with Gasteiger partial charge in [-0.2, -0.15) is 0 Å². The average molecular weight is 466 g/mol. The van der Waals surface area contributed by atoms with E-state index in [2.05, 4.69) is 0 Å². The van der Waals surface area contributed by atoms with Crippen LogP contribution in [-0.2, 0) is 16.8 Å². The number of anilines is 1. The maximum absolute atomic E-state index is 13.5. The highest BCUT2D eigenvalue weighted by Crippen LogP contribution is 2.44. The van der Waals surface area contributed by atoms with Gasteiger partial charge in [0.2, 0.25) is 0 Å². The summed E-state index contributed by atoms with van der Waals surface area (Å²) in [7, 11) is 2.96. The van der Waals surface area contributed by atoms with Crippen LogP contribution in [0, 0.1) is 0 Å². The molecule has 0 saturated heterocycles. The molecule has 0 fully saturated rings. The van der Waals surface area contributed by atoms with Crippen LogP contribution in [0.25, 0.3) is 0 Å². The molecule has 0 unspecified atom stereocenters. The van der Waals surface area contributed by atoms with E-state index in [1.54, 1.807) is 36.4 Å². The van der Waals surface area contributed by atoms with Crippen LogP contribution in [0.1, 0.15) is 27.9 Å². The second kappa shape index (κ2) is 9.25. The number of hydrogen-bond acceptors (Lipinski definition) is 5. The molecule has 0 saturated carbocycles. The summed E-state index contributed by atoms with van der Waals surface area (Å²) in [6.45, 7) is 0.361. The molecule has 4 rings (SSSR count). The van der Waals surface area contributed by atoms with E-state index >= 15 is 0 Å². The van der Waals surface area contributed by atoms with Crippen LogP contribution in [-0.4, -0.2) is 37.6 Å². The van der Waals surface area contributed by atoms with Gasteiger partial charge in [0.1, 0.15) is 11.5 Å². The van der Waals surface area contributed by atoms with Crippen molar-refractivity contribution in [2.45, 2.75) is 18.4 Å². The third-order valence-electron chi connectivity index (χ3n) is 5.89. The molecule has 1 atom stereocenters. The molecule has 6 nitrogen and oxygen atoms in total. The van der Waals surface area contributed by atoms with Gasteiger partial charge in [-0.05, 0) is 42.3 Å². The van der Waals surface area contributed by atoms with Crippen molar-refractivity contribution in [3.05, 3.63) is 88.4 Å². The Labute approximate surface area is 197 Å². The lowest BCUT2D eigenvalue weighted by molar-refractivity contribution is -0.135. The zero-order valence-electron chi connectivity index (χ0n) is 18.4. The van der Waals surface area contributed by atoms with Crippen molar-refractivity contribution in [3.8, 4) is 11.5 Å². The smallest absolute Gasteiger partial charge is 0.264 e. The summed E-state index contributed by atoms with van der Waals surface area (Å²) in [5.41, 5.74) is 0.172. The number of fused-ring (bicyclic) bond motifs is 1. The predicted octanol–water partition coefficient (Wildman–Crippen LogP) is 4.41. The number of nitrogens with zero attached hydrogens (tertiary/aromatic N) is 1. The first-order valence-corrected chi connectivity index (χ1v) is 10.9. The number of Topliss-reactive ketones (excluding diaryl/α,β-unsaturated/α-hetero) is 1. The fourth-order valence-electron chi connectivity index (χ4n) is 4.16. The van der Waals surface area contributed by atoms with Crippen LogP contribution in [0.5, 0.6) is 11.5 Å². The van der Waals surface area contributed by atoms with Gasteiger partial charge in [-0.25, -0.2) is 0 Å². The first-order valence-electron chi connectivity index (χ1n) is 10.5. The molecule has 1 N–H and O–H groups in total. The van der Waals surface area contributed by atoms with Crippen molar-refractivity contribution in [1.29, 1.82) is 0 Å². The Bertz CT molecular complexity index is 1200. The predicted molar refractivity (Wildman–Crippen MR) is 126 cm³/mol. The minimum absolute atomic E-state index is 0.255. The van der Waals surface area contributed by atoms with E-state index in [1.807, 2.05) is 30.3 Å². The van der Waals surface area contributed by atoms with Gasteiger partial charge in [0.15, 0.2) is 11.4 Å². The Morgan fingerprint density at radius 2 is 1.79 bits per heavy atom. The van der Waals surface area contributed by atoms with Crippen molar-refractivity contribution < 1.29 is 24.2 Å². The summed E-state index contributed by atoms with van der Waals surface area (Å²) < 4.78 is 10.5. The number of methoxy groups -OCH3 is 2. The number of benzene rings is 3. The summed E-state index contributed by atoms with van der Waals surface area (Å²) in [6.07, 6.45) is 0.161. The number of ether oxygens (including phenoxy) is 2. The number of halogens is 1. The maximum atomic E-state index is 13.5. The second-order valence-corrected chi connectivity index (χ2v) is 8.32. The minimum atomic E-state index is -2.03. The molecule has 0 aromatic heterocycles. The first kappa shape index (κ1) is 22.8. The standard InChI is InChI=1S/C26H24ClNO5/c1-32-19-9-10-20(24(15-19)33-2)23(29)16-26(31)21-14-18(27)8-11-22(21)28(25(26)30)13-12-17-6-4-3-5-7-17/h3-11,14-15,31H,12-13,16H2,1-2H3/t26-/m1/s1. The molecule has 1 aliphatic heterocycles. The molecule has 1 aliphatic rings. The fraction of sp³-hybridized carbons (Fsp3) is 0.231. The molecule has 33 heavy (non-hydrogen) atoms. The monoisotopic (exact) mass is 465 g/mol. The molecule has 3 aromatic carbocycles. The minimum Gasteiger partial charge on any atom is -0.497 e. The Balaban J connectivity index is 1.65. The summed E-state index contributed by atoms with van der Waals surface area (Å²) in [5, 5.41) is 11.9. The van der Waals surface area contributed by atoms with Gasteiger partial charge in [-0.3, -0.25) is 9.59 Å². The van der Waals surface area contributed by atoms with Crippen molar-refractivity contribution in [1.82, 2.24) is 0 Å². The number of carbonyl (C=O) groups excluding carboxylic acids is 2. The third kappa shape index (κ3) is 4.32. The Morgan fingerprint density at radius 3 is 2.48 bits per heavy atom. The Kier molecular flexibility index (Phi) is 6.40. The molecular formula is C26H24ClNO5. The summed E-state index contributed by atoms with van der Waals surface area (Å²) in [6, 6.07) is 19.5. The first-order chi connectivity index (χ1) is 15.9.